The van der Waals surface area contributed by atoms with E-state index >= 15 is 0 Å². The van der Waals surface area contributed by atoms with Crippen LogP contribution in [0.25, 0.3) is 0 Å². The Kier molecular flexibility index (Phi) is 2.73. The predicted octanol–water partition coefficient (Wildman–Crippen LogP) is 2.29. The number of anilines is 1. The molecule has 2 aliphatic heterocycles. The summed E-state index contributed by atoms with van der Waals surface area (Å²) in [6.07, 6.45) is 1.85. The first kappa shape index (κ1) is 12.1. The van der Waals surface area contributed by atoms with E-state index in [1.54, 1.807) is 4.90 Å². The first-order valence-electron chi connectivity index (χ1n) is 6.16. The summed E-state index contributed by atoms with van der Waals surface area (Å²) in [5.74, 6) is -2.07. The van der Waals surface area contributed by atoms with Crippen LogP contribution in [0.3, 0.4) is 0 Å². The number of amides is 3. The Balaban J connectivity index is 1.99. The van der Waals surface area contributed by atoms with Crippen molar-refractivity contribution < 1.29 is 18.4 Å². The molecular weight excluding hydrogens is 254 g/mol. The summed E-state index contributed by atoms with van der Waals surface area (Å²) in [6, 6.07) is 2.25. The van der Waals surface area contributed by atoms with Crippen molar-refractivity contribution in [1.29, 1.82) is 0 Å². The Hall–Kier alpha value is -1.98. The van der Waals surface area contributed by atoms with Gasteiger partial charge in [0.2, 0.25) is 5.91 Å². The molecule has 1 aromatic carbocycles. The standard InChI is InChI=1S/C13H12F2N2O2/c14-8-3-4-11(10(15)6-8)17-12(18)7-9-2-1-5-16(9)13(17)19/h3-4,6,9H,1-2,5,7H2. The Bertz CT molecular complexity index is 562. The third-order valence-electron chi connectivity index (χ3n) is 3.62. The lowest BCUT2D eigenvalue weighted by Gasteiger charge is -2.36. The Morgan fingerprint density at radius 1 is 1.21 bits per heavy atom. The second-order valence-electron chi connectivity index (χ2n) is 4.80. The number of fused-ring (bicyclic) bond motifs is 1. The van der Waals surface area contributed by atoms with Crippen LogP contribution in [0.2, 0.25) is 0 Å². The average molecular weight is 266 g/mol. The molecule has 0 radical (unpaired) electrons. The van der Waals surface area contributed by atoms with E-state index in [9.17, 15) is 18.4 Å². The molecule has 6 heteroatoms. The Labute approximate surface area is 108 Å². The van der Waals surface area contributed by atoms with E-state index < -0.39 is 23.6 Å². The lowest BCUT2D eigenvalue weighted by atomic mass is 10.1. The number of carbonyl (C=O) groups excluding carboxylic acids is 2. The third-order valence-corrected chi connectivity index (χ3v) is 3.62. The summed E-state index contributed by atoms with van der Waals surface area (Å²) in [5, 5.41) is 0. The van der Waals surface area contributed by atoms with Gasteiger partial charge in [0.15, 0.2) is 0 Å². The number of hydrogen-bond acceptors (Lipinski definition) is 2. The van der Waals surface area contributed by atoms with Gasteiger partial charge in [0.05, 0.1) is 5.69 Å². The fraction of sp³-hybridized carbons (Fsp3) is 0.385. The lowest BCUT2D eigenvalue weighted by Crippen LogP contribution is -2.55. The number of halogens is 2. The van der Waals surface area contributed by atoms with Gasteiger partial charge in [-0.05, 0) is 25.0 Å². The van der Waals surface area contributed by atoms with Crippen molar-refractivity contribution in [2.24, 2.45) is 0 Å². The van der Waals surface area contributed by atoms with Gasteiger partial charge in [-0.3, -0.25) is 4.79 Å². The van der Waals surface area contributed by atoms with Crippen LogP contribution in [-0.4, -0.2) is 29.4 Å². The highest BCUT2D eigenvalue weighted by molar-refractivity contribution is 6.16. The molecule has 2 saturated heterocycles. The molecule has 3 amide bonds. The second-order valence-corrected chi connectivity index (χ2v) is 4.80. The van der Waals surface area contributed by atoms with Crippen LogP contribution >= 0.6 is 0 Å². The molecule has 19 heavy (non-hydrogen) atoms. The zero-order valence-corrected chi connectivity index (χ0v) is 10.1. The van der Waals surface area contributed by atoms with Crippen molar-refractivity contribution in [1.82, 2.24) is 4.90 Å². The monoisotopic (exact) mass is 266 g/mol. The van der Waals surface area contributed by atoms with Crippen LogP contribution in [-0.2, 0) is 4.79 Å². The van der Waals surface area contributed by atoms with E-state index in [0.29, 0.717) is 12.6 Å². The molecule has 100 valence electrons. The van der Waals surface area contributed by atoms with Crippen LogP contribution in [0.5, 0.6) is 0 Å². The molecule has 1 atom stereocenters. The molecule has 0 N–H and O–H groups in total. The molecule has 0 bridgehead atoms. The van der Waals surface area contributed by atoms with Crippen molar-refractivity contribution in [3.05, 3.63) is 29.8 Å². The molecule has 0 aromatic heterocycles. The van der Waals surface area contributed by atoms with Crippen molar-refractivity contribution in [2.45, 2.75) is 25.3 Å². The highest BCUT2D eigenvalue weighted by Gasteiger charge is 2.42. The SMILES string of the molecule is O=C1CC2CCCN2C(=O)N1c1ccc(F)cc1F. The minimum atomic E-state index is -0.903. The van der Waals surface area contributed by atoms with Crippen molar-refractivity contribution in [3.8, 4) is 0 Å². The average Bonchev–Trinajstić information content (AvgIpc) is 2.80. The van der Waals surface area contributed by atoms with E-state index in [0.717, 1.165) is 29.9 Å². The Morgan fingerprint density at radius 2 is 2.00 bits per heavy atom. The van der Waals surface area contributed by atoms with Crippen LogP contribution < -0.4 is 4.90 Å². The third kappa shape index (κ3) is 1.87. The first-order chi connectivity index (χ1) is 9.08. The van der Waals surface area contributed by atoms with Crippen LogP contribution in [0, 0.1) is 11.6 Å². The maximum absolute atomic E-state index is 13.7. The second kappa shape index (κ2) is 4.29. The molecule has 3 rings (SSSR count). The largest absolute Gasteiger partial charge is 0.331 e. The molecule has 2 heterocycles. The summed E-state index contributed by atoms with van der Waals surface area (Å²) >= 11 is 0. The molecule has 0 saturated carbocycles. The van der Waals surface area contributed by atoms with E-state index in [1.165, 1.54) is 0 Å². The van der Waals surface area contributed by atoms with E-state index in [1.807, 2.05) is 0 Å². The van der Waals surface area contributed by atoms with Crippen molar-refractivity contribution in [2.75, 3.05) is 11.4 Å². The maximum Gasteiger partial charge on any atom is 0.331 e. The van der Waals surface area contributed by atoms with Gasteiger partial charge in [-0.1, -0.05) is 0 Å². The van der Waals surface area contributed by atoms with Crippen LogP contribution in [0.1, 0.15) is 19.3 Å². The maximum atomic E-state index is 13.7. The molecule has 2 fully saturated rings. The number of hydrogen-bond donors (Lipinski definition) is 0. The van der Waals surface area contributed by atoms with Gasteiger partial charge in [-0.15, -0.1) is 0 Å². The number of nitrogens with zero attached hydrogens (tertiary/aromatic N) is 2. The highest BCUT2D eigenvalue weighted by Crippen LogP contribution is 2.31. The van der Waals surface area contributed by atoms with Gasteiger partial charge in [-0.2, -0.15) is 0 Å². The lowest BCUT2D eigenvalue weighted by molar-refractivity contribution is -0.120. The van der Waals surface area contributed by atoms with E-state index in [4.69, 9.17) is 0 Å². The first-order valence-corrected chi connectivity index (χ1v) is 6.16. The summed E-state index contributed by atoms with van der Waals surface area (Å²) in [5.41, 5.74) is -0.179. The van der Waals surface area contributed by atoms with Crippen LogP contribution in [0.4, 0.5) is 19.3 Å². The molecule has 2 aliphatic rings. The predicted molar refractivity (Wildman–Crippen MR) is 63.6 cm³/mol. The summed E-state index contributed by atoms with van der Waals surface area (Å²) in [4.78, 5) is 26.6. The minimum absolute atomic E-state index is 0.0697. The van der Waals surface area contributed by atoms with Gasteiger partial charge in [-0.25, -0.2) is 18.5 Å². The molecule has 4 nitrogen and oxygen atoms in total. The molecular formula is C13H12F2N2O2. The minimum Gasteiger partial charge on any atom is -0.320 e. The summed E-state index contributed by atoms with van der Waals surface area (Å²) in [7, 11) is 0. The normalized spacial score (nSPS) is 22.9. The van der Waals surface area contributed by atoms with Gasteiger partial charge in [0.1, 0.15) is 11.6 Å². The van der Waals surface area contributed by atoms with Gasteiger partial charge >= 0.3 is 6.03 Å². The number of imide groups is 1. The van der Waals surface area contributed by atoms with Crippen molar-refractivity contribution >= 4 is 17.6 Å². The quantitative estimate of drug-likeness (QED) is 0.782. The van der Waals surface area contributed by atoms with Crippen molar-refractivity contribution in [3.63, 3.8) is 0 Å². The molecule has 0 spiro atoms. The molecule has 1 aromatic rings. The zero-order chi connectivity index (χ0) is 13.6. The van der Waals surface area contributed by atoms with Gasteiger partial charge < -0.3 is 4.90 Å². The number of benzene rings is 1. The fourth-order valence-corrected chi connectivity index (χ4v) is 2.73. The van der Waals surface area contributed by atoms with Gasteiger partial charge in [0, 0.05) is 25.1 Å². The zero-order valence-electron chi connectivity index (χ0n) is 10.1. The van der Waals surface area contributed by atoms with E-state index in [-0.39, 0.29) is 18.2 Å². The summed E-state index contributed by atoms with van der Waals surface area (Å²) in [6.45, 7) is 0.579. The van der Waals surface area contributed by atoms with E-state index in [2.05, 4.69) is 0 Å². The molecule has 1 unspecified atom stereocenters. The smallest absolute Gasteiger partial charge is 0.320 e. The fourth-order valence-electron chi connectivity index (χ4n) is 2.73. The number of urea groups is 1. The number of rotatable bonds is 1. The molecule has 0 aliphatic carbocycles. The number of carbonyl (C=O) groups is 2. The Morgan fingerprint density at radius 3 is 2.74 bits per heavy atom. The van der Waals surface area contributed by atoms with Gasteiger partial charge in [0.25, 0.3) is 0 Å². The van der Waals surface area contributed by atoms with Crippen LogP contribution in [0.15, 0.2) is 18.2 Å². The highest BCUT2D eigenvalue weighted by atomic mass is 19.1. The summed E-state index contributed by atoms with van der Waals surface area (Å²) < 4.78 is 26.6. The topological polar surface area (TPSA) is 40.6 Å².